The zero-order chi connectivity index (χ0) is 19.4. The SMILES string of the molecule is CC.CCOc1c(C(C)c2ncc3c(Cl)nccn23)cc(Cl)c(C)c1C. The highest BCUT2D eigenvalue weighted by molar-refractivity contribution is 6.32. The maximum atomic E-state index is 6.43. The lowest BCUT2D eigenvalue weighted by Crippen LogP contribution is -2.08. The second kappa shape index (κ2) is 8.74. The molecule has 4 nitrogen and oxygen atoms in total. The molecule has 0 fully saturated rings. The quantitative estimate of drug-likeness (QED) is 0.527. The maximum Gasteiger partial charge on any atom is 0.154 e. The summed E-state index contributed by atoms with van der Waals surface area (Å²) in [5.74, 6) is 1.74. The van der Waals surface area contributed by atoms with E-state index in [1.165, 1.54) is 0 Å². The maximum absolute atomic E-state index is 6.43. The summed E-state index contributed by atoms with van der Waals surface area (Å²) in [6.45, 7) is 12.7. The van der Waals surface area contributed by atoms with E-state index in [9.17, 15) is 0 Å². The number of aromatic nitrogens is 3. The third kappa shape index (κ3) is 3.67. The summed E-state index contributed by atoms with van der Waals surface area (Å²) in [4.78, 5) is 8.65. The van der Waals surface area contributed by atoms with E-state index in [0.29, 0.717) is 11.8 Å². The van der Waals surface area contributed by atoms with Gasteiger partial charge in [-0.3, -0.25) is 4.40 Å². The second-order valence-electron chi connectivity index (χ2n) is 5.77. The van der Waals surface area contributed by atoms with Crippen LogP contribution in [-0.4, -0.2) is 21.0 Å². The lowest BCUT2D eigenvalue weighted by Gasteiger charge is -2.20. The largest absolute Gasteiger partial charge is 0.493 e. The van der Waals surface area contributed by atoms with Gasteiger partial charge in [-0.25, -0.2) is 9.97 Å². The van der Waals surface area contributed by atoms with E-state index in [0.717, 1.165) is 38.8 Å². The molecule has 6 heteroatoms. The highest BCUT2D eigenvalue weighted by Gasteiger charge is 2.22. The van der Waals surface area contributed by atoms with Crippen molar-refractivity contribution in [1.82, 2.24) is 14.4 Å². The number of halogens is 2. The summed E-state index contributed by atoms with van der Waals surface area (Å²) < 4.78 is 7.88. The van der Waals surface area contributed by atoms with Gasteiger partial charge in [0.15, 0.2) is 5.15 Å². The first kappa shape index (κ1) is 20.5. The van der Waals surface area contributed by atoms with Crippen LogP contribution in [0.25, 0.3) is 5.52 Å². The third-order valence-corrected chi connectivity index (χ3v) is 5.07. The molecule has 0 amide bonds. The van der Waals surface area contributed by atoms with Gasteiger partial charge in [0, 0.05) is 28.9 Å². The van der Waals surface area contributed by atoms with Gasteiger partial charge < -0.3 is 4.74 Å². The fraction of sp³-hybridized carbons (Fsp3) is 0.400. The standard InChI is InChI=1S/C18H19Cl2N3O.C2H6/c1-5-24-16-11(3)10(2)14(19)8-13(16)12(4)18-22-9-15-17(20)21-6-7-23(15)18;1-2/h6-9,12H,5H2,1-4H3;1-2H3. The van der Waals surface area contributed by atoms with Gasteiger partial charge in [-0.1, -0.05) is 44.0 Å². The molecule has 0 saturated heterocycles. The number of hydrogen-bond donors (Lipinski definition) is 0. The van der Waals surface area contributed by atoms with Crippen molar-refractivity contribution in [2.75, 3.05) is 6.61 Å². The Bertz CT molecular complexity index is 906. The summed E-state index contributed by atoms with van der Waals surface area (Å²) in [6.07, 6.45) is 5.28. The minimum atomic E-state index is -0.00989. The number of fused-ring (bicyclic) bond motifs is 1. The Kier molecular flexibility index (Phi) is 6.90. The molecule has 1 aromatic carbocycles. The van der Waals surface area contributed by atoms with Crippen molar-refractivity contribution in [2.45, 2.75) is 47.5 Å². The molecule has 0 aliphatic rings. The van der Waals surface area contributed by atoms with E-state index in [4.69, 9.17) is 27.9 Å². The highest BCUT2D eigenvalue weighted by Crippen LogP contribution is 2.38. The van der Waals surface area contributed by atoms with Crippen molar-refractivity contribution in [2.24, 2.45) is 0 Å². The van der Waals surface area contributed by atoms with Crippen molar-refractivity contribution in [3.8, 4) is 5.75 Å². The van der Waals surface area contributed by atoms with E-state index >= 15 is 0 Å². The molecule has 1 atom stereocenters. The van der Waals surface area contributed by atoms with E-state index in [1.807, 2.05) is 51.3 Å². The average Bonchev–Trinajstić information content (AvgIpc) is 3.08. The van der Waals surface area contributed by atoms with Gasteiger partial charge in [-0.05, 0) is 38.0 Å². The molecule has 2 heterocycles. The number of imidazole rings is 1. The number of nitrogens with zero attached hydrogens (tertiary/aromatic N) is 3. The van der Waals surface area contributed by atoms with Crippen molar-refractivity contribution in [3.63, 3.8) is 0 Å². The average molecular weight is 394 g/mol. The molecule has 3 rings (SSSR count). The highest BCUT2D eigenvalue weighted by atomic mass is 35.5. The Morgan fingerprint density at radius 2 is 1.85 bits per heavy atom. The number of rotatable bonds is 4. The third-order valence-electron chi connectivity index (χ3n) is 4.39. The first-order valence-electron chi connectivity index (χ1n) is 8.85. The van der Waals surface area contributed by atoms with Gasteiger partial charge in [0.1, 0.15) is 17.1 Å². The van der Waals surface area contributed by atoms with Crippen LogP contribution in [0, 0.1) is 13.8 Å². The van der Waals surface area contributed by atoms with E-state index in [2.05, 4.69) is 16.9 Å². The van der Waals surface area contributed by atoms with Gasteiger partial charge in [0.25, 0.3) is 0 Å². The van der Waals surface area contributed by atoms with Crippen LogP contribution in [0.4, 0.5) is 0 Å². The van der Waals surface area contributed by atoms with Crippen molar-refractivity contribution in [3.05, 3.63) is 57.3 Å². The van der Waals surface area contributed by atoms with E-state index < -0.39 is 0 Å². The molecule has 2 aromatic heterocycles. The summed E-state index contributed by atoms with van der Waals surface area (Å²) in [5, 5.41) is 1.17. The zero-order valence-electron chi connectivity index (χ0n) is 16.1. The molecule has 0 aliphatic heterocycles. The van der Waals surface area contributed by atoms with Crippen LogP contribution in [0.3, 0.4) is 0 Å². The first-order chi connectivity index (χ1) is 12.5. The molecule has 140 valence electrons. The molecule has 0 bridgehead atoms. The summed E-state index contributed by atoms with van der Waals surface area (Å²) in [7, 11) is 0. The molecule has 1 unspecified atom stereocenters. The van der Waals surface area contributed by atoms with Crippen LogP contribution < -0.4 is 4.74 Å². The molecule has 0 saturated carbocycles. The van der Waals surface area contributed by atoms with Crippen LogP contribution in [0.5, 0.6) is 5.75 Å². The predicted octanol–water partition coefficient (Wildman–Crippen LogP) is 6.23. The fourth-order valence-corrected chi connectivity index (χ4v) is 3.36. The Morgan fingerprint density at radius 3 is 2.50 bits per heavy atom. The summed E-state index contributed by atoms with van der Waals surface area (Å²) in [5.41, 5.74) is 3.90. The minimum Gasteiger partial charge on any atom is -0.493 e. The Hall–Kier alpha value is -1.78. The normalized spacial score (nSPS) is 11.8. The lowest BCUT2D eigenvalue weighted by atomic mass is 9.94. The molecule has 26 heavy (non-hydrogen) atoms. The topological polar surface area (TPSA) is 39.4 Å². The molecule has 0 radical (unpaired) electrons. The molecule has 0 N–H and O–H groups in total. The fourth-order valence-electron chi connectivity index (χ4n) is 2.91. The van der Waals surface area contributed by atoms with Crippen molar-refractivity contribution < 1.29 is 4.74 Å². The minimum absolute atomic E-state index is 0.00989. The van der Waals surface area contributed by atoms with Crippen LogP contribution >= 0.6 is 23.2 Å². The molecule has 0 spiro atoms. The van der Waals surface area contributed by atoms with Crippen LogP contribution in [0.1, 0.15) is 56.1 Å². The predicted molar refractivity (Wildman–Crippen MR) is 109 cm³/mol. The lowest BCUT2D eigenvalue weighted by molar-refractivity contribution is 0.332. The smallest absolute Gasteiger partial charge is 0.154 e. The number of benzene rings is 1. The van der Waals surface area contributed by atoms with Gasteiger partial charge in [-0.15, -0.1) is 0 Å². The molecular formula is C20H25Cl2N3O. The van der Waals surface area contributed by atoms with Gasteiger partial charge in [0.2, 0.25) is 0 Å². The van der Waals surface area contributed by atoms with Crippen LogP contribution in [-0.2, 0) is 0 Å². The van der Waals surface area contributed by atoms with E-state index in [1.54, 1.807) is 12.4 Å². The summed E-state index contributed by atoms with van der Waals surface area (Å²) >= 11 is 12.6. The molecular weight excluding hydrogens is 369 g/mol. The van der Waals surface area contributed by atoms with Crippen LogP contribution in [0.15, 0.2) is 24.7 Å². The Labute approximate surface area is 165 Å². The van der Waals surface area contributed by atoms with E-state index in [-0.39, 0.29) is 5.92 Å². The van der Waals surface area contributed by atoms with Gasteiger partial charge in [-0.2, -0.15) is 0 Å². The number of hydrogen-bond acceptors (Lipinski definition) is 3. The molecule has 3 aromatic rings. The Balaban J connectivity index is 0.00000117. The second-order valence-corrected chi connectivity index (χ2v) is 6.54. The summed E-state index contributed by atoms with van der Waals surface area (Å²) in [6, 6.07) is 1.98. The molecule has 0 aliphatic carbocycles. The van der Waals surface area contributed by atoms with Gasteiger partial charge in [0.05, 0.1) is 12.8 Å². The number of ether oxygens (including phenoxy) is 1. The Morgan fingerprint density at radius 1 is 1.15 bits per heavy atom. The monoisotopic (exact) mass is 393 g/mol. The first-order valence-corrected chi connectivity index (χ1v) is 9.61. The van der Waals surface area contributed by atoms with Crippen LogP contribution in [0.2, 0.25) is 10.2 Å². The van der Waals surface area contributed by atoms with Crippen molar-refractivity contribution in [1.29, 1.82) is 0 Å². The van der Waals surface area contributed by atoms with Crippen molar-refractivity contribution >= 4 is 28.7 Å². The zero-order valence-corrected chi connectivity index (χ0v) is 17.6. The van der Waals surface area contributed by atoms with Gasteiger partial charge >= 0.3 is 0 Å².